The van der Waals surface area contributed by atoms with E-state index in [9.17, 15) is 0 Å². The highest BCUT2D eigenvalue weighted by Gasteiger charge is 2.21. The van der Waals surface area contributed by atoms with E-state index in [1.54, 1.807) is 0 Å². The van der Waals surface area contributed by atoms with Gasteiger partial charge >= 0.3 is 0 Å². The molecule has 1 aliphatic rings. The van der Waals surface area contributed by atoms with E-state index in [2.05, 4.69) is 71.1 Å². The zero-order chi connectivity index (χ0) is 16.5. The van der Waals surface area contributed by atoms with Crippen LogP contribution in [-0.2, 0) is 6.54 Å². The SMILES string of the molecule is CC[C@@H](c1ccc2c(c1)c1ccccc1n2CC)N1CCNCC1. The fourth-order valence-electron chi connectivity index (χ4n) is 4.32. The molecule has 3 aromatic rings. The van der Waals surface area contributed by atoms with Gasteiger partial charge in [0.2, 0.25) is 0 Å². The first-order chi connectivity index (χ1) is 11.8. The molecule has 1 aliphatic heterocycles. The molecule has 0 amide bonds. The lowest BCUT2D eigenvalue weighted by Gasteiger charge is -2.34. The molecule has 0 saturated carbocycles. The lowest BCUT2D eigenvalue weighted by Crippen LogP contribution is -2.45. The average molecular weight is 321 g/mol. The van der Waals surface area contributed by atoms with E-state index in [-0.39, 0.29) is 0 Å². The zero-order valence-electron chi connectivity index (χ0n) is 14.8. The second-order valence-corrected chi connectivity index (χ2v) is 6.75. The molecular formula is C21H27N3. The summed E-state index contributed by atoms with van der Waals surface area (Å²) in [6.07, 6.45) is 1.16. The van der Waals surface area contributed by atoms with E-state index in [0.29, 0.717) is 6.04 Å². The number of benzene rings is 2. The van der Waals surface area contributed by atoms with Crippen LogP contribution in [0.5, 0.6) is 0 Å². The van der Waals surface area contributed by atoms with Crippen molar-refractivity contribution in [3.63, 3.8) is 0 Å². The Kier molecular flexibility index (Phi) is 4.30. The van der Waals surface area contributed by atoms with Crippen molar-refractivity contribution in [3.8, 4) is 0 Å². The predicted molar refractivity (Wildman–Crippen MR) is 103 cm³/mol. The summed E-state index contributed by atoms with van der Waals surface area (Å²) < 4.78 is 2.43. The van der Waals surface area contributed by atoms with Crippen molar-refractivity contribution in [2.75, 3.05) is 26.2 Å². The van der Waals surface area contributed by atoms with Crippen molar-refractivity contribution in [1.29, 1.82) is 0 Å². The summed E-state index contributed by atoms with van der Waals surface area (Å²) in [5.41, 5.74) is 4.17. The highest BCUT2D eigenvalue weighted by molar-refractivity contribution is 6.08. The van der Waals surface area contributed by atoms with E-state index < -0.39 is 0 Å². The Morgan fingerprint density at radius 2 is 1.71 bits per heavy atom. The summed E-state index contributed by atoms with van der Waals surface area (Å²) in [6, 6.07) is 16.5. The van der Waals surface area contributed by atoms with Crippen LogP contribution in [0.4, 0.5) is 0 Å². The normalized spacial score (nSPS) is 17.6. The van der Waals surface area contributed by atoms with Gasteiger partial charge in [0.25, 0.3) is 0 Å². The Morgan fingerprint density at radius 3 is 2.46 bits per heavy atom. The first-order valence-corrected chi connectivity index (χ1v) is 9.29. The van der Waals surface area contributed by atoms with Crippen molar-refractivity contribution in [3.05, 3.63) is 48.0 Å². The van der Waals surface area contributed by atoms with Crippen molar-refractivity contribution < 1.29 is 0 Å². The summed E-state index contributed by atoms with van der Waals surface area (Å²) in [7, 11) is 0. The van der Waals surface area contributed by atoms with Gasteiger partial charge in [0.15, 0.2) is 0 Å². The van der Waals surface area contributed by atoms with Gasteiger partial charge in [-0.1, -0.05) is 31.2 Å². The maximum Gasteiger partial charge on any atom is 0.0491 e. The molecule has 1 fully saturated rings. The number of fused-ring (bicyclic) bond motifs is 3. The largest absolute Gasteiger partial charge is 0.341 e. The van der Waals surface area contributed by atoms with Crippen LogP contribution in [0.25, 0.3) is 21.8 Å². The van der Waals surface area contributed by atoms with Gasteiger partial charge < -0.3 is 9.88 Å². The number of piperazine rings is 1. The lowest BCUT2D eigenvalue weighted by molar-refractivity contribution is 0.169. The standard InChI is InChI=1S/C21H27N3/c1-3-19(23-13-11-22-12-14-23)16-9-10-21-18(15-16)17-7-5-6-8-20(17)24(21)4-2/h5-10,15,19,22H,3-4,11-14H2,1-2H3/t19-/m0/s1. The van der Waals surface area contributed by atoms with Gasteiger partial charge in [0.05, 0.1) is 0 Å². The molecule has 0 spiro atoms. The lowest BCUT2D eigenvalue weighted by atomic mass is 9.99. The fourth-order valence-corrected chi connectivity index (χ4v) is 4.32. The van der Waals surface area contributed by atoms with Gasteiger partial charge in [-0.05, 0) is 37.1 Å². The van der Waals surface area contributed by atoms with Crippen LogP contribution < -0.4 is 5.32 Å². The van der Waals surface area contributed by atoms with Crippen molar-refractivity contribution in [2.45, 2.75) is 32.9 Å². The van der Waals surface area contributed by atoms with Crippen LogP contribution in [0, 0.1) is 0 Å². The molecule has 4 rings (SSSR count). The molecule has 0 unspecified atom stereocenters. The van der Waals surface area contributed by atoms with Crippen LogP contribution in [0.15, 0.2) is 42.5 Å². The maximum absolute atomic E-state index is 3.46. The molecule has 1 N–H and O–H groups in total. The molecule has 1 saturated heterocycles. The molecule has 0 aliphatic carbocycles. The number of para-hydroxylation sites is 1. The molecule has 1 aromatic heterocycles. The minimum atomic E-state index is 0.528. The molecule has 1 atom stereocenters. The van der Waals surface area contributed by atoms with Crippen LogP contribution in [0.2, 0.25) is 0 Å². The Balaban J connectivity index is 1.83. The third kappa shape index (κ3) is 2.52. The number of nitrogens with zero attached hydrogens (tertiary/aromatic N) is 2. The van der Waals surface area contributed by atoms with E-state index in [0.717, 1.165) is 39.1 Å². The monoisotopic (exact) mass is 321 g/mol. The Morgan fingerprint density at radius 1 is 0.958 bits per heavy atom. The van der Waals surface area contributed by atoms with Gasteiger partial charge in [-0.15, -0.1) is 0 Å². The summed E-state index contributed by atoms with van der Waals surface area (Å²) in [5, 5.41) is 6.25. The number of nitrogens with one attached hydrogen (secondary N) is 1. The van der Waals surface area contributed by atoms with Crippen LogP contribution in [0.3, 0.4) is 0 Å². The summed E-state index contributed by atoms with van der Waals surface area (Å²) in [6.45, 7) is 10.1. The molecule has 3 heteroatoms. The average Bonchev–Trinajstić information content (AvgIpc) is 2.96. The molecule has 2 heterocycles. The van der Waals surface area contributed by atoms with Crippen LogP contribution in [-0.4, -0.2) is 35.6 Å². The molecule has 24 heavy (non-hydrogen) atoms. The molecule has 3 nitrogen and oxygen atoms in total. The summed E-state index contributed by atoms with van der Waals surface area (Å²) >= 11 is 0. The quantitative estimate of drug-likeness (QED) is 0.778. The predicted octanol–water partition coefficient (Wildman–Crippen LogP) is 4.17. The Hall–Kier alpha value is -1.84. The van der Waals surface area contributed by atoms with Gasteiger partial charge in [-0.3, -0.25) is 4.90 Å². The smallest absolute Gasteiger partial charge is 0.0491 e. The van der Waals surface area contributed by atoms with E-state index >= 15 is 0 Å². The van der Waals surface area contributed by atoms with Crippen molar-refractivity contribution in [1.82, 2.24) is 14.8 Å². The van der Waals surface area contributed by atoms with E-state index in [1.165, 1.54) is 27.4 Å². The van der Waals surface area contributed by atoms with Gasteiger partial charge in [0, 0.05) is 60.6 Å². The first-order valence-electron chi connectivity index (χ1n) is 9.29. The minimum Gasteiger partial charge on any atom is -0.341 e. The van der Waals surface area contributed by atoms with Crippen LogP contribution >= 0.6 is 0 Å². The molecule has 0 radical (unpaired) electrons. The van der Waals surface area contributed by atoms with Gasteiger partial charge in [-0.2, -0.15) is 0 Å². The minimum absolute atomic E-state index is 0.528. The number of hydrogen-bond donors (Lipinski definition) is 1. The topological polar surface area (TPSA) is 20.2 Å². The van der Waals surface area contributed by atoms with Gasteiger partial charge in [-0.25, -0.2) is 0 Å². The Bertz CT molecular complexity index is 843. The third-order valence-corrected chi connectivity index (χ3v) is 5.48. The van der Waals surface area contributed by atoms with Crippen molar-refractivity contribution in [2.24, 2.45) is 0 Å². The van der Waals surface area contributed by atoms with Gasteiger partial charge in [0.1, 0.15) is 0 Å². The van der Waals surface area contributed by atoms with E-state index in [1.807, 2.05) is 0 Å². The van der Waals surface area contributed by atoms with Crippen LogP contribution in [0.1, 0.15) is 31.9 Å². The molecule has 0 bridgehead atoms. The zero-order valence-corrected chi connectivity index (χ0v) is 14.8. The first kappa shape index (κ1) is 15.7. The Labute approximate surface area is 144 Å². The number of aryl methyl sites for hydroxylation is 1. The van der Waals surface area contributed by atoms with E-state index in [4.69, 9.17) is 0 Å². The third-order valence-electron chi connectivity index (χ3n) is 5.48. The molecular weight excluding hydrogens is 294 g/mol. The van der Waals surface area contributed by atoms with Crippen molar-refractivity contribution >= 4 is 21.8 Å². The second kappa shape index (κ2) is 6.58. The second-order valence-electron chi connectivity index (χ2n) is 6.75. The molecule has 126 valence electrons. The number of hydrogen-bond acceptors (Lipinski definition) is 2. The summed E-state index contributed by atoms with van der Waals surface area (Å²) in [4.78, 5) is 2.64. The summed E-state index contributed by atoms with van der Waals surface area (Å²) in [5.74, 6) is 0. The highest BCUT2D eigenvalue weighted by atomic mass is 15.2. The molecule has 2 aromatic carbocycles. The number of rotatable bonds is 4. The highest BCUT2D eigenvalue weighted by Crippen LogP contribution is 2.33. The number of aromatic nitrogens is 1. The maximum atomic E-state index is 3.46. The fraction of sp³-hybridized carbons (Fsp3) is 0.429.